The minimum absolute atomic E-state index is 0.0166. The lowest BCUT2D eigenvalue weighted by Gasteiger charge is -2.38. The van der Waals surface area contributed by atoms with Gasteiger partial charge in [-0.1, -0.05) is 42.5 Å². The van der Waals surface area contributed by atoms with Gasteiger partial charge in [0, 0.05) is 51.4 Å². The van der Waals surface area contributed by atoms with Crippen molar-refractivity contribution >= 4 is 11.8 Å². The number of rotatable bonds is 7. The van der Waals surface area contributed by atoms with Gasteiger partial charge in [-0.05, 0) is 36.1 Å². The molecule has 2 fully saturated rings. The van der Waals surface area contributed by atoms with Crippen molar-refractivity contribution in [1.29, 1.82) is 0 Å². The number of amides is 2. The van der Waals surface area contributed by atoms with Crippen LogP contribution in [-0.4, -0.2) is 74.1 Å². The maximum atomic E-state index is 13.1. The normalized spacial score (nSPS) is 18.6. The first kappa shape index (κ1) is 23.4. The van der Waals surface area contributed by atoms with E-state index in [4.69, 9.17) is 4.74 Å². The van der Waals surface area contributed by atoms with Crippen LogP contribution in [0.3, 0.4) is 0 Å². The van der Waals surface area contributed by atoms with Crippen molar-refractivity contribution in [3.05, 3.63) is 71.5 Å². The van der Waals surface area contributed by atoms with Crippen LogP contribution in [0.2, 0.25) is 0 Å². The van der Waals surface area contributed by atoms with Gasteiger partial charge in [-0.2, -0.15) is 0 Å². The Labute approximate surface area is 194 Å². The van der Waals surface area contributed by atoms with E-state index in [1.807, 2.05) is 23.1 Å². The van der Waals surface area contributed by atoms with Gasteiger partial charge in [-0.25, -0.2) is 4.39 Å². The molecule has 2 heterocycles. The van der Waals surface area contributed by atoms with Crippen LogP contribution in [0.25, 0.3) is 0 Å². The predicted octanol–water partition coefficient (Wildman–Crippen LogP) is 2.38. The van der Waals surface area contributed by atoms with Gasteiger partial charge in [-0.15, -0.1) is 0 Å². The van der Waals surface area contributed by atoms with E-state index in [-0.39, 0.29) is 29.5 Å². The molecule has 0 saturated carbocycles. The van der Waals surface area contributed by atoms with Crippen LogP contribution in [0, 0.1) is 5.82 Å². The Hall–Kier alpha value is -2.77. The van der Waals surface area contributed by atoms with Crippen molar-refractivity contribution in [2.24, 2.45) is 0 Å². The summed E-state index contributed by atoms with van der Waals surface area (Å²) in [5, 5.41) is 3.16. The highest BCUT2D eigenvalue weighted by molar-refractivity contribution is 5.79. The first-order chi connectivity index (χ1) is 16.0. The maximum absolute atomic E-state index is 13.1. The third kappa shape index (κ3) is 6.18. The fraction of sp³-hybridized carbons (Fsp3) is 0.462. The van der Waals surface area contributed by atoms with E-state index < -0.39 is 0 Å². The van der Waals surface area contributed by atoms with Gasteiger partial charge in [0.1, 0.15) is 5.82 Å². The number of nitrogens with one attached hydrogen (secondary N) is 1. The lowest BCUT2D eigenvalue weighted by molar-refractivity contribution is -0.132. The van der Waals surface area contributed by atoms with E-state index in [1.54, 1.807) is 12.1 Å². The van der Waals surface area contributed by atoms with Gasteiger partial charge in [-0.3, -0.25) is 14.5 Å². The molecule has 0 unspecified atom stereocenters. The Morgan fingerprint density at radius 3 is 2.27 bits per heavy atom. The quantitative estimate of drug-likeness (QED) is 0.699. The smallest absolute Gasteiger partial charge is 0.234 e. The summed E-state index contributed by atoms with van der Waals surface area (Å²) in [5.41, 5.74) is 1.98. The molecule has 2 aliphatic rings. The van der Waals surface area contributed by atoms with Gasteiger partial charge in [0.25, 0.3) is 0 Å². The van der Waals surface area contributed by atoms with E-state index in [2.05, 4.69) is 22.3 Å². The first-order valence-corrected chi connectivity index (χ1v) is 11.7. The summed E-state index contributed by atoms with van der Waals surface area (Å²) in [6.07, 6.45) is 2.06. The Kier molecular flexibility index (Phi) is 7.73. The molecule has 0 spiro atoms. The zero-order valence-electron chi connectivity index (χ0n) is 19.0. The van der Waals surface area contributed by atoms with Gasteiger partial charge >= 0.3 is 0 Å². The van der Waals surface area contributed by atoms with Crippen molar-refractivity contribution < 1.29 is 18.7 Å². The molecule has 0 bridgehead atoms. The molecule has 2 aromatic carbocycles. The molecule has 2 aliphatic heterocycles. The number of hydrogen-bond donors (Lipinski definition) is 1. The van der Waals surface area contributed by atoms with Crippen molar-refractivity contribution in [2.45, 2.75) is 24.7 Å². The third-order valence-corrected chi connectivity index (χ3v) is 6.82. The van der Waals surface area contributed by atoms with Crippen LogP contribution < -0.4 is 5.32 Å². The average molecular weight is 454 g/mol. The molecule has 6 nitrogen and oxygen atoms in total. The number of carbonyl (C=O) groups is 2. The average Bonchev–Trinajstić information content (AvgIpc) is 2.86. The van der Waals surface area contributed by atoms with Crippen LogP contribution in [-0.2, 0) is 26.2 Å². The lowest BCUT2D eigenvalue weighted by Crippen LogP contribution is -2.52. The van der Waals surface area contributed by atoms with Gasteiger partial charge in [0.05, 0.1) is 13.0 Å². The molecule has 0 radical (unpaired) electrons. The molecule has 176 valence electrons. The predicted molar refractivity (Wildman–Crippen MR) is 124 cm³/mol. The van der Waals surface area contributed by atoms with E-state index in [1.165, 1.54) is 17.7 Å². The Balaban J connectivity index is 1.23. The van der Waals surface area contributed by atoms with Crippen molar-refractivity contribution in [3.8, 4) is 0 Å². The molecule has 0 atom stereocenters. The van der Waals surface area contributed by atoms with Gasteiger partial charge in [0.15, 0.2) is 0 Å². The minimum atomic E-state index is -0.301. The fourth-order valence-electron chi connectivity index (χ4n) is 4.69. The second kappa shape index (κ2) is 10.9. The molecule has 7 heteroatoms. The second-order valence-electron chi connectivity index (χ2n) is 9.00. The van der Waals surface area contributed by atoms with Crippen LogP contribution in [0.15, 0.2) is 54.6 Å². The zero-order valence-corrected chi connectivity index (χ0v) is 19.0. The topological polar surface area (TPSA) is 61.9 Å². The van der Waals surface area contributed by atoms with Crippen LogP contribution in [0.1, 0.15) is 24.0 Å². The molecule has 2 amide bonds. The van der Waals surface area contributed by atoms with Crippen LogP contribution >= 0.6 is 0 Å². The highest BCUT2D eigenvalue weighted by Gasteiger charge is 2.35. The summed E-state index contributed by atoms with van der Waals surface area (Å²) >= 11 is 0. The number of carbonyl (C=O) groups excluding carboxylic acids is 2. The second-order valence-corrected chi connectivity index (χ2v) is 9.00. The van der Waals surface area contributed by atoms with Crippen molar-refractivity contribution in [2.75, 3.05) is 52.5 Å². The van der Waals surface area contributed by atoms with E-state index in [0.29, 0.717) is 52.5 Å². The molecule has 0 aromatic heterocycles. The largest absolute Gasteiger partial charge is 0.381 e. The molecule has 2 aromatic rings. The number of halogens is 1. The fourth-order valence-corrected chi connectivity index (χ4v) is 4.69. The summed E-state index contributed by atoms with van der Waals surface area (Å²) in [6, 6.07) is 16.4. The maximum Gasteiger partial charge on any atom is 0.234 e. The molecule has 33 heavy (non-hydrogen) atoms. The number of hydrogen-bond acceptors (Lipinski definition) is 4. The molecule has 0 aliphatic carbocycles. The highest BCUT2D eigenvalue weighted by atomic mass is 19.1. The standard InChI is InChI=1S/C26H32FN3O3/c27-23-8-6-21(7-9-23)18-25(32)30-14-12-29(13-15-30)19-24(31)28-20-26(10-16-33-17-11-26)22-4-2-1-3-5-22/h1-9H,10-20H2,(H,28,31). The zero-order chi connectivity index (χ0) is 23.1. The van der Waals surface area contributed by atoms with E-state index in [9.17, 15) is 14.0 Å². The summed E-state index contributed by atoms with van der Waals surface area (Å²) in [4.78, 5) is 29.2. The minimum Gasteiger partial charge on any atom is -0.381 e. The van der Waals surface area contributed by atoms with Crippen LogP contribution in [0.5, 0.6) is 0 Å². The molecular weight excluding hydrogens is 421 g/mol. The molecule has 1 N–H and O–H groups in total. The van der Waals surface area contributed by atoms with Gasteiger partial charge in [0.2, 0.25) is 11.8 Å². The number of piperazine rings is 1. The summed E-state index contributed by atoms with van der Waals surface area (Å²) < 4.78 is 18.6. The highest BCUT2D eigenvalue weighted by Crippen LogP contribution is 2.34. The molecule has 4 rings (SSSR count). The molecular formula is C26H32FN3O3. The van der Waals surface area contributed by atoms with Gasteiger partial charge < -0.3 is 15.0 Å². The molecule has 2 saturated heterocycles. The Morgan fingerprint density at radius 1 is 0.939 bits per heavy atom. The summed E-state index contributed by atoms with van der Waals surface area (Å²) in [6.45, 7) is 4.88. The lowest BCUT2D eigenvalue weighted by atomic mass is 9.74. The summed E-state index contributed by atoms with van der Waals surface area (Å²) in [5.74, 6) is -0.248. The summed E-state index contributed by atoms with van der Waals surface area (Å²) in [7, 11) is 0. The number of nitrogens with zero attached hydrogens (tertiary/aromatic N) is 2. The van der Waals surface area contributed by atoms with Crippen LogP contribution in [0.4, 0.5) is 4.39 Å². The third-order valence-electron chi connectivity index (χ3n) is 6.82. The van der Waals surface area contributed by atoms with E-state index in [0.717, 1.165) is 18.4 Å². The Bertz CT molecular complexity index is 922. The SMILES string of the molecule is O=C(CN1CCN(C(=O)Cc2ccc(F)cc2)CC1)NCC1(c2ccccc2)CCOCC1. The first-order valence-electron chi connectivity index (χ1n) is 11.7. The van der Waals surface area contributed by atoms with Crippen molar-refractivity contribution in [3.63, 3.8) is 0 Å². The van der Waals surface area contributed by atoms with E-state index >= 15 is 0 Å². The number of benzene rings is 2. The van der Waals surface area contributed by atoms with Crippen molar-refractivity contribution in [1.82, 2.24) is 15.1 Å². The Morgan fingerprint density at radius 2 is 1.61 bits per heavy atom. The monoisotopic (exact) mass is 453 g/mol. The number of ether oxygens (including phenoxy) is 1.